The Balaban J connectivity index is 1.07. The van der Waals surface area contributed by atoms with E-state index in [2.05, 4.69) is 21.6 Å². The van der Waals surface area contributed by atoms with Crippen molar-refractivity contribution in [3.8, 4) is 24.7 Å². The van der Waals surface area contributed by atoms with Gasteiger partial charge >= 0.3 is 11.9 Å². The minimum Gasteiger partial charge on any atom is -0.437 e. The first-order valence-corrected chi connectivity index (χ1v) is 21.7. The third-order valence-corrected chi connectivity index (χ3v) is 12.1. The van der Waals surface area contributed by atoms with Crippen LogP contribution in [0.1, 0.15) is 47.9 Å². The van der Waals surface area contributed by atoms with Crippen molar-refractivity contribution in [3.63, 3.8) is 0 Å². The van der Waals surface area contributed by atoms with E-state index in [9.17, 15) is 9.59 Å². The zero-order chi connectivity index (χ0) is 43.2. The van der Waals surface area contributed by atoms with E-state index >= 15 is 0 Å². The predicted molar refractivity (Wildman–Crippen MR) is 247 cm³/mol. The van der Waals surface area contributed by atoms with E-state index in [0.29, 0.717) is 79.4 Å². The zero-order valence-corrected chi connectivity index (χ0v) is 37.9. The second-order valence-corrected chi connectivity index (χ2v) is 18.0. The topological polar surface area (TPSA) is 59.1 Å². The maximum absolute atomic E-state index is 13.3. The van der Waals surface area contributed by atoms with Gasteiger partial charge in [-0.05, 0) is 106 Å². The molecule has 0 radical (unpaired) electrons. The van der Waals surface area contributed by atoms with Crippen LogP contribution in [0.3, 0.4) is 0 Å². The average molecular weight is 964 g/mol. The van der Waals surface area contributed by atoms with Crippen molar-refractivity contribution in [2.24, 2.45) is 0 Å². The van der Waals surface area contributed by atoms with Gasteiger partial charge in [0.1, 0.15) is 0 Å². The molecule has 6 rings (SSSR count). The number of likely N-dealkylation sites (tertiary alicyclic amines) is 2. The number of hydrogen-bond acceptors (Lipinski definition) is 6. The fourth-order valence-corrected chi connectivity index (χ4v) is 9.37. The molecule has 2 fully saturated rings. The van der Waals surface area contributed by atoms with Crippen molar-refractivity contribution in [2.75, 3.05) is 39.3 Å². The Labute approximate surface area is 390 Å². The van der Waals surface area contributed by atoms with Crippen LogP contribution in [0.2, 0.25) is 40.2 Å². The smallest absolute Gasteiger partial charge is 0.419 e. The van der Waals surface area contributed by atoms with Crippen LogP contribution in [0, 0.1) is 24.7 Å². The molecule has 60 heavy (non-hydrogen) atoms. The Morgan fingerprint density at radius 2 is 0.717 bits per heavy atom. The summed E-state index contributed by atoms with van der Waals surface area (Å²) in [6.07, 6.45) is 17.1. The number of benzene rings is 4. The average Bonchev–Trinajstić information content (AvgIpc) is 3.18. The molecule has 2 saturated heterocycles. The highest BCUT2D eigenvalue weighted by atomic mass is 35.5. The molecule has 0 atom stereocenters. The number of carbonyl (C=O) groups is 2. The highest BCUT2D eigenvalue weighted by Gasteiger charge is 2.42. The number of ether oxygens (including phenoxy) is 2. The summed E-state index contributed by atoms with van der Waals surface area (Å²) < 4.78 is 11.4. The molecule has 2 heterocycles. The lowest BCUT2D eigenvalue weighted by atomic mass is 9.91. The first-order valence-electron chi connectivity index (χ1n) is 18.7. The van der Waals surface area contributed by atoms with E-state index in [1.807, 2.05) is 60.7 Å². The third kappa shape index (κ3) is 12.0. The van der Waals surface area contributed by atoms with Gasteiger partial charge < -0.3 is 9.47 Å². The van der Waals surface area contributed by atoms with E-state index in [0.717, 1.165) is 33.4 Å². The van der Waals surface area contributed by atoms with Crippen LogP contribution in [0.5, 0.6) is 0 Å². The Morgan fingerprint density at radius 1 is 0.483 bits per heavy atom. The van der Waals surface area contributed by atoms with Crippen LogP contribution < -0.4 is 0 Å². The summed E-state index contributed by atoms with van der Waals surface area (Å²) in [4.78, 5) is 30.8. The summed E-state index contributed by atoms with van der Waals surface area (Å²) in [6.45, 7) is 2.89. The van der Waals surface area contributed by atoms with Crippen molar-refractivity contribution in [1.29, 1.82) is 0 Å². The molecule has 0 N–H and O–H groups in total. The van der Waals surface area contributed by atoms with Gasteiger partial charge in [-0.25, -0.2) is 9.59 Å². The molecule has 0 aliphatic carbocycles. The first-order chi connectivity index (χ1) is 28.6. The quantitative estimate of drug-likeness (QED) is 0.0897. The van der Waals surface area contributed by atoms with Gasteiger partial charge in [0, 0.05) is 105 Å². The first kappa shape index (κ1) is 46.2. The Hall–Kier alpha value is -3.34. The molecule has 0 bridgehead atoms. The second-order valence-electron chi connectivity index (χ2n) is 14.5. The number of nitrogens with zero attached hydrogens (tertiary/aromatic N) is 2. The van der Waals surface area contributed by atoms with Gasteiger partial charge in [-0.1, -0.05) is 117 Å². The molecule has 0 spiro atoms. The van der Waals surface area contributed by atoms with E-state index in [1.165, 1.54) is 0 Å². The zero-order valence-electron chi connectivity index (χ0n) is 31.9. The number of terminal acetylenes is 2. The maximum Gasteiger partial charge on any atom is 0.419 e. The summed E-state index contributed by atoms with van der Waals surface area (Å²) in [5, 5.41) is 3.83. The molecular weight excluding hydrogens is 928 g/mol. The minimum absolute atomic E-state index is 0.283. The van der Waals surface area contributed by atoms with E-state index in [-0.39, 0.29) is 25.7 Å². The fourth-order valence-electron chi connectivity index (χ4n) is 7.27. The normalized spacial score (nSPS) is 16.2. The number of rotatable bonds is 10. The molecular formula is C46H36Cl8N2O4. The lowest BCUT2D eigenvalue weighted by Gasteiger charge is -2.39. The van der Waals surface area contributed by atoms with Crippen LogP contribution in [0.15, 0.2) is 84.9 Å². The maximum atomic E-state index is 13.3. The van der Waals surface area contributed by atoms with E-state index in [1.54, 1.807) is 24.3 Å². The largest absolute Gasteiger partial charge is 0.437 e. The molecule has 0 amide bonds. The van der Waals surface area contributed by atoms with Crippen LogP contribution >= 0.6 is 92.8 Å². The molecule has 4 aromatic carbocycles. The molecule has 4 aromatic rings. The lowest BCUT2D eigenvalue weighted by molar-refractivity contribution is -0.183. The van der Waals surface area contributed by atoms with E-state index in [4.69, 9.17) is 115 Å². The van der Waals surface area contributed by atoms with Crippen LogP contribution in [0.25, 0.3) is 11.1 Å². The molecule has 0 saturated carbocycles. The monoisotopic (exact) mass is 960 g/mol. The molecule has 2 aliphatic rings. The molecule has 310 valence electrons. The Bertz CT molecular complexity index is 2080. The highest BCUT2D eigenvalue weighted by molar-refractivity contribution is 6.37. The summed E-state index contributed by atoms with van der Waals surface area (Å²) >= 11 is 50.9. The number of carbonyl (C=O) groups excluding carboxylic acids is 2. The summed E-state index contributed by atoms with van der Waals surface area (Å²) in [5.74, 6) is 2.87. The van der Waals surface area contributed by atoms with Gasteiger partial charge in [0.2, 0.25) is 0 Å². The van der Waals surface area contributed by atoms with Crippen molar-refractivity contribution < 1.29 is 19.1 Å². The number of hydrogen-bond donors (Lipinski definition) is 0. The minimum atomic E-state index is -1.31. The van der Waals surface area contributed by atoms with Gasteiger partial charge in [0.25, 0.3) is 0 Å². The lowest BCUT2D eigenvalue weighted by Crippen LogP contribution is -2.49. The van der Waals surface area contributed by atoms with Gasteiger partial charge in [0.15, 0.2) is 11.2 Å². The number of halogens is 8. The molecule has 6 nitrogen and oxygen atoms in total. The summed E-state index contributed by atoms with van der Waals surface area (Å²) in [5.41, 5.74) is 2.18. The number of esters is 2. The third-order valence-electron chi connectivity index (χ3n) is 10.4. The van der Waals surface area contributed by atoms with Gasteiger partial charge in [-0.2, -0.15) is 0 Å². The van der Waals surface area contributed by atoms with Crippen molar-refractivity contribution in [2.45, 2.75) is 36.9 Å². The van der Waals surface area contributed by atoms with Crippen molar-refractivity contribution in [1.82, 2.24) is 9.80 Å². The van der Waals surface area contributed by atoms with Crippen molar-refractivity contribution >= 4 is 116 Å². The van der Waals surface area contributed by atoms with E-state index < -0.39 is 23.1 Å². The van der Waals surface area contributed by atoms with Gasteiger partial charge in [-0.15, -0.1) is 12.8 Å². The van der Waals surface area contributed by atoms with Crippen molar-refractivity contribution in [3.05, 3.63) is 147 Å². The SMILES string of the molecule is C#CC1(OC(=O)C(=O)OC2(C#C)CCN(CC=C(c3cc(Cl)cc(Cl)c3)c3cc(Cl)cc(Cl)c3)CC2)CCN(CC=C(c2cc(Cl)cc(Cl)c2)c2cc(Cl)cc(Cl)c2)CC1. The second kappa shape index (κ2) is 20.2. The molecule has 14 heteroatoms. The molecule has 0 aromatic heterocycles. The predicted octanol–water partition coefficient (Wildman–Crippen LogP) is 12.5. The molecule has 0 unspecified atom stereocenters. The Kier molecular flexibility index (Phi) is 15.6. The number of piperidine rings is 2. The Morgan fingerprint density at radius 3 is 0.933 bits per heavy atom. The van der Waals surface area contributed by atoms with Crippen LogP contribution in [0.4, 0.5) is 0 Å². The fraction of sp³-hybridized carbons (Fsp3) is 0.261. The van der Waals surface area contributed by atoms with Gasteiger partial charge in [-0.3, -0.25) is 9.80 Å². The van der Waals surface area contributed by atoms with Crippen LogP contribution in [-0.4, -0.2) is 72.2 Å². The highest BCUT2D eigenvalue weighted by Crippen LogP contribution is 2.35. The standard InChI is InChI=1S/C46H36Cl8N2O4/c1-3-45(7-13-55(14-8-45)11-5-41(29-17-33(47)25-34(48)18-29)30-19-35(49)26-36(50)20-30)59-43(57)44(58)60-46(4-2)9-15-56(16-10-46)12-6-42(31-21-37(51)27-38(52)22-31)32-23-39(53)28-40(54)24-32/h1-2,5-6,17-28H,7-16H2. The summed E-state index contributed by atoms with van der Waals surface area (Å²) in [6, 6.07) is 21.1. The summed E-state index contributed by atoms with van der Waals surface area (Å²) in [7, 11) is 0. The molecule has 2 aliphatic heterocycles. The van der Waals surface area contributed by atoms with Gasteiger partial charge in [0.05, 0.1) is 0 Å². The van der Waals surface area contributed by atoms with Crippen LogP contribution in [-0.2, 0) is 19.1 Å².